The van der Waals surface area contributed by atoms with Crippen molar-refractivity contribution in [2.45, 2.75) is 26.7 Å². The first-order valence-corrected chi connectivity index (χ1v) is 10.1. The molecule has 0 aliphatic rings. The van der Waals surface area contributed by atoms with Gasteiger partial charge < -0.3 is 19.8 Å². The smallest absolute Gasteiger partial charge is 0.341 e. The highest BCUT2D eigenvalue weighted by molar-refractivity contribution is 7.16. The van der Waals surface area contributed by atoms with Crippen LogP contribution in [0.5, 0.6) is 0 Å². The number of H-pyrrole nitrogens is 1. The van der Waals surface area contributed by atoms with Gasteiger partial charge in [0.05, 0.1) is 18.6 Å². The van der Waals surface area contributed by atoms with Crippen LogP contribution < -0.4 is 5.32 Å². The Morgan fingerprint density at radius 1 is 1.14 bits per heavy atom. The summed E-state index contributed by atoms with van der Waals surface area (Å²) in [6.45, 7) is 3.49. The van der Waals surface area contributed by atoms with E-state index in [2.05, 4.69) is 10.3 Å². The molecular formula is C21H22N2O5S. The number of aromatic amines is 1. The topological polar surface area (TPSA) is 97.5 Å². The maximum absolute atomic E-state index is 12.2. The molecule has 0 saturated carbocycles. The number of thiophene rings is 1. The average molecular weight is 414 g/mol. The van der Waals surface area contributed by atoms with Crippen LogP contribution >= 0.6 is 11.3 Å². The van der Waals surface area contributed by atoms with Crippen LogP contribution in [0.3, 0.4) is 0 Å². The van der Waals surface area contributed by atoms with Crippen LogP contribution in [-0.4, -0.2) is 36.0 Å². The maximum Gasteiger partial charge on any atom is 0.341 e. The van der Waals surface area contributed by atoms with E-state index in [0.717, 1.165) is 27.8 Å². The molecule has 0 radical (unpaired) electrons. The van der Waals surface area contributed by atoms with Gasteiger partial charge >= 0.3 is 11.9 Å². The minimum Gasteiger partial charge on any atom is -0.462 e. The first-order valence-electron chi connectivity index (χ1n) is 9.32. The molecule has 0 aliphatic heterocycles. The minimum atomic E-state index is -0.507. The minimum absolute atomic E-state index is 0.0599. The largest absolute Gasteiger partial charge is 0.462 e. The fourth-order valence-corrected chi connectivity index (χ4v) is 3.86. The van der Waals surface area contributed by atoms with Crippen LogP contribution in [0.4, 0.5) is 5.00 Å². The van der Waals surface area contributed by atoms with Crippen LogP contribution in [-0.2, 0) is 31.9 Å². The molecular weight excluding hydrogens is 392 g/mol. The predicted octanol–water partition coefficient (Wildman–Crippen LogP) is 3.69. The number of aromatic nitrogens is 1. The van der Waals surface area contributed by atoms with E-state index in [0.29, 0.717) is 10.6 Å². The van der Waals surface area contributed by atoms with E-state index in [1.54, 1.807) is 19.2 Å². The van der Waals surface area contributed by atoms with Gasteiger partial charge in [0.2, 0.25) is 0 Å². The zero-order valence-corrected chi connectivity index (χ0v) is 17.1. The number of nitrogens with one attached hydrogen (secondary N) is 2. The molecule has 1 amide bonds. The summed E-state index contributed by atoms with van der Waals surface area (Å²) >= 11 is 1.30. The lowest BCUT2D eigenvalue weighted by Gasteiger charge is -2.07. The Bertz CT molecular complexity index is 1040. The number of ether oxygens (including phenoxy) is 2. The van der Waals surface area contributed by atoms with Gasteiger partial charge in [0.15, 0.2) is 6.61 Å². The first-order chi connectivity index (χ1) is 14.0. The summed E-state index contributed by atoms with van der Waals surface area (Å²) in [6.07, 6.45) is 2.55. The zero-order chi connectivity index (χ0) is 20.8. The number of benzene rings is 1. The molecule has 3 rings (SSSR count). The van der Waals surface area contributed by atoms with E-state index in [-0.39, 0.29) is 13.0 Å². The molecule has 0 unspecified atom stereocenters. The quantitative estimate of drug-likeness (QED) is 0.548. The van der Waals surface area contributed by atoms with E-state index in [4.69, 9.17) is 9.47 Å². The van der Waals surface area contributed by atoms with Crippen molar-refractivity contribution in [3.63, 3.8) is 0 Å². The number of fused-ring (bicyclic) bond motifs is 1. The highest BCUT2D eigenvalue weighted by atomic mass is 32.1. The third-order valence-electron chi connectivity index (χ3n) is 4.25. The number of amides is 1. The second-order valence-electron chi connectivity index (χ2n) is 6.27. The summed E-state index contributed by atoms with van der Waals surface area (Å²) in [5.41, 5.74) is 2.05. The lowest BCUT2D eigenvalue weighted by molar-refractivity contribution is -0.146. The van der Waals surface area contributed by atoms with E-state index in [1.165, 1.54) is 11.3 Å². The van der Waals surface area contributed by atoms with Crippen molar-refractivity contribution in [2.24, 2.45) is 0 Å². The Labute approximate surface area is 172 Å². The molecule has 7 nitrogen and oxygen atoms in total. The third-order valence-corrected chi connectivity index (χ3v) is 5.45. The zero-order valence-electron chi connectivity index (χ0n) is 16.2. The Balaban J connectivity index is 1.58. The fraction of sp³-hybridized carbons (Fsp3) is 0.286. The number of rotatable bonds is 8. The molecule has 0 aliphatic carbocycles. The van der Waals surface area contributed by atoms with Crippen molar-refractivity contribution in [3.8, 4) is 0 Å². The lowest BCUT2D eigenvalue weighted by atomic mass is 10.1. The lowest BCUT2D eigenvalue weighted by Crippen LogP contribution is -2.22. The number of carbonyl (C=O) groups excluding carboxylic acids is 3. The average Bonchev–Trinajstić information content (AvgIpc) is 3.31. The monoisotopic (exact) mass is 414 g/mol. The number of esters is 2. The summed E-state index contributed by atoms with van der Waals surface area (Å²) in [5, 5.41) is 3.99. The van der Waals surface area contributed by atoms with Crippen molar-refractivity contribution in [1.82, 2.24) is 4.98 Å². The van der Waals surface area contributed by atoms with E-state index in [9.17, 15) is 14.4 Å². The molecule has 3 aromatic rings. The van der Waals surface area contributed by atoms with Crippen LogP contribution in [0.15, 0.2) is 36.5 Å². The van der Waals surface area contributed by atoms with Crippen LogP contribution in [0.1, 0.15) is 34.6 Å². The molecule has 2 aromatic heterocycles. The Morgan fingerprint density at radius 3 is 2.69 bits per heavy atom. The highest BCUT2D eigenvalue weighted by Gasteiger charge is 2.19. The molecule has 0 saturated heterocycles. The predicted molar refractivity (Wildman–Crippen MR) is 111 cm³/mol. The Morgan fingerprint density at radius 2 is 1.93 bits per heavy atom. The van der Waals surface area contributed by atoms with E-state index < -0.39 is 24.5 Å². The van der Waals surface area contributed by atoms with Crippen molar-refractivity contribution in [3.05, 3.63) is 52.5 Å². The molecule has 0 fully saturated rings. The normalized spacial score (nSPS) is 10.7. The summed E-state index contributed by atoms with van der Waals surface area (Å²) < 4.78 is 10.1. The van der Waals surface area contributed by atoms with Crippen molar-refractivity contribution in [2.75, 3.05) is 18.5 Å². The molecule has 0 atom stereocenters. The number of carbonyl (C=O) groups is 3. The number of hydrogen-bond donors (Lipinski definition) is 2. The maximum atomic E-state index is 12.2. The molecule has 1 aromatic carbocycles. The van der Waals surface area contributed by atoms with Gasteiger partial charge in [-0.3, -0.25) is 9.59 Å². The summed E-state index contributed by atoms with van der Waals surface area (Å²) in [4.78, 5) is 40.5. The third kappa shape index (κ3) is 5.03. The Kier molecular flexibility index (Phi) is 6.66. The van der Waals surface area contributed by atoms with Gasteiger partial charge in [-0.1, -0.05) is 25.1 Å². The Hall–Kier alpha value is -3.13. The highest BCUT2D eigenvalue weighted by Crippen LogP contribution is 2.29. The fourth-order valence-electron chi connectivity index (χ4n) is 2.86. The van der Waals surface area contributed by atoms with Crippen molar-refractivity contribution < 1.29 is 23.9 Å². The van der Waals surface area contributed by atoms with Gasteiger partial charge in [-0.05, 0) is 31.0 Å². The van der Waals surface area contributed by atoms with E-state index >= 15 is 0 Å². The number of anilines is 1. The van der Waals surface area contributed by atoms with E-state index in [1.807, 2.05) is 31.2 Å². The number of aryl methyl sites for hydroxylation is 1. The van der Waals surface area contributed by atoms with Crippen molar-refractivity contribution >= 4 is 45.1 Å². The molecule has 29 heavy (non-hydrogen) atoms. The van der Waals surface area contributed by atoms with Gasteiger partial charge in [-0.15, -0.1) is 11.3 Å². The summed E-state index contributed by atoms with van der Waals surface area (Å²) in [7, 11) is 0. The van der Waals surface area contributed by atoms with Gasteiger partial charge in [0, 0.05) is 22.0 Å². The second-order valence-corrected chi connectivity index (χ2v) is 7.41. The number of para-hydroxylation sites is 1. The summed E-state index contributed by atoms with van der Waals surface area (Å²) in [6, 6.07) is 9.35. The molecule has 0 bridgehead atoms. The standard InChI is InChI=1S/C21H22N2O5S/c1-3-14-10-16(21(26)27-4-2)20(29-14)23-18(24)12-28-19(25)9-13-11-22-17-8-6-5-7-15(13)17/h5-8,10-11,22H,3-4,9,12H2,1-2H3,(H,23,24). The second kappa shape index (κ2) is 9.38. The van der Waals surface area contributed by atoms with Gasteiger partial charge in [-0.25, -0.2) is 4.79 Å². The molecule has 2 N–H and O–H groups in total. The van der Waals surface area contributed by atoms with Crippen LogP contribution in [0, 0.1) is 0 Å². The molecule has 152 valence electrons. The van der Waals surface area contributed by atoms with Crippen LogP contribution in [0.2, 0.25) is 0 Å². The number of hydrogen-bond acceptors (Lipinski definition) is 6. The van der Waals surface area contributed by atoms with Crippen LogP contribution in [0.25, 0.3) is 10.9 Å². The molecule has 8 heteroatoms. The van der Waals surface area contributed by atoms with Crippen molar-refractivity contribution in [1.29, 1.82) is 0 Å². The van der Waals surface area contributed by atoms with Gasteiger partial charge in [0.1, 0.15) is 5.00 Å². The van der Waals surface area contributed by atoms with Gasteiger partial charge in [-0.2, -0.15) is 0 Å². The van der Waals surface area contributed by atoms with Gasteiger partial charge in [0.25, 0.3) is 5.91 Å². The summed E-state index contributed by atoms with van der Waals surface area (Å²) in [5.74, 6) is -1.50. The first kappa shape index (κ1) is 20.6. The SMILES string of the molecule is CCOC(=O)c1cc(CC)sc1NC(=O)COC(=O)Cc1c[nH]c2ccccc12. The molecule has 2 heterocycles. The molecule has 0 spiro atoms.